The Kier molecular flexibility index (Phi) is 4.17. The molecule has 0 amide bonds. The van der Waals surface area contributed by atoms with Crippen LogP contribution in [0.5, 0.6) is 0 Å². The number of fused-ring (bicyclic) bond motifs is 2. The van der Waals surface area contributed by atoms with Crippen molar-refractivity contribution in [3.63, 3.8) is 0 Å². The van der Waals surface area contributed by atoms with Crippen molar-refractivity contribution in [3.8, 4) is 0 Å². The molecule has 3 N–H and O–H groups in total. The average Bonchev–Trinajstić information content (AvgIpc) is 2.61. The highest BCUT2D eigenvalue weighted by Crippen LogP contribution is 2.45. The lowest BCUT2D eigenvalue weighted by Gasteiger charge is -2.45. The molecule has 0 radical (unpaired) electrons. The van der Waals surface area contributed by atoms with E-state index in [2.05, 4.69) is 5.32 Å². The van der Waals surface area contributed by atoms with Crippen LogP contribution in [0.1, 0.15) is 60.9 Å². The van der Waals surface area contributed by atoms with Crippen molar-refractivity contribution >= 4 is 17.3 Å². The number of nitrogens with two attached hydrogens (primary N) is 1. The maximum Gasteiger partial charge on any atom is 0.170 e. The van der Waals surface area contributed by atoms with Crippen molar-refractivity contribution in [3.05, 3.63) is 29.3 Å². The van der Waals surface area contributed by atoms with Crippen LogP contribution in [-0.2, 0) is 11.3 Å². The van der Waals surface area contributed by atoms with Gasteiger partial charge in [-0.1, -0.05) is 38.2 Å². The molecular formula is C20H26N2O2. The van der Waals surface area contributed by atoms with E-state index in [9.17, 15) is 9.59 Å². The van der Waals surface area contributed by atoms with Crippen LogP contribution in [-0.4, -0.2) is 17.6 Å². The zero-order valence-corrected chi connectivity index (χ0v) is 14.1. The first kappa shape index (κ1) is 15.8. The monoisotopic (exact) mass is 326 g/mol. The number of rotatable bonds is 2. The van der Waals surface area contributed by atoms with Crippen LogP contribution in [0.2, 0.25) is 0 Å². The fourth-order valence-electron chi connectivity index (χ4n) is 5.11. The van der Waals surface area contributed by atoms with Crippen molar-refractivity contribution in [1.82, 2.24) is 0 Å². The lowest BCUT2D eigenvalue weighted by atomic mass is 9.62. The van der Waals surface area contributed by atoms with E-state index in [0.29, 0.717) is 31.1 Å². The van der Waals surface area contributed by atoms with E-state index in [1.807, 2.05) is 18.2 Å². The van der Waals surface area contributed by atoms with Crippen LogP contribution in [0.3, 0.4) is 0 Å². The predicted molar refractivity (Wildman–Crippen MR) is 93.9 cm³/mol. The second-order valence-electron chi connectivity index (χ2n) is 7.73. The van der Waals surface area contributed by atoms with Gasteiger partial charge in [-0.15, -0.1) is 0 Å². The van der Waals surface area contributed by atoms with E-state index in [4.69, 9.17) is 5.73 Å². The number of carbonyl (C=O) groups excluding carboxylic acids is 2. The van der Waals surface area contributed by atoms with Gasteiger partial charge in [0.2, 0.25) is 0 Å². The van der Waals surface area contributed by atoms with Gasteiger partial charge in [-0.05, 0) is 29.5 Å². The minimum atomic E-state index is -0.0497. The average molecular weight is 326 g/mol. The molecule has 0 saturated heterocycles. The highest BCUT2D eigenvalue weighted by molar-refractivity contribution is 6.06. The molecule has 2 saturated carbocycles. The zero-order chi connectivity index (χ0) is 16.7. The number of anilines is 1. The molecule has 3 unspecified atom stereocenters. The maximum atomic E-state index is 13.3. The molecule has 2 aliphatic carbocycles. The fourth-order valence-corrected chi connectivity index (χ4v) is 5.11. The van der Waals surface area contributed by atoms with Crippen LogP contribution in [0.4, 0.5) is 5.69 Å². The first-order valence-electron chi connectivity index (χ1n) is 9.33. The van der Waals surface area contributed by atoms with Crippen LogP contribution < -0.4 is 11.1 Å². The molecule has 0 spiro atoms. The van der Waals surface area contributed by atoms with Crippen molar-refractivity contribution in [2.75, 3.05) is 5.32 Å². The highest BCUT2D eigenvalue weighted by atomic mass is 16.1. The number of hydrogen-bond donors (Lipinski definition) is 2. The van der Waals surface area contributed by atoms with Gasteiger partial charge in [0.15, 0.2) is 5.78 Å². The summed E-state index contributed by atoms with van der Waals surface area (Å²) in [7, 11) is 0. The third kappa shape index (κ3) is 2.67. The summed E-state index contributed by atoms with van der Waals surface area (Å²) in [5, 5.41) is 3.50. The van der Waals surface area contributed by atoms with E-state index in [-0.39, 0.29) is 23.7 Å². The zero-order valence-electron chi connectivity index (χ0n) is 14.1. The van der Waals surface area contributed by atoms with Gasteiger partial charge in [0, 0.05) is 42.6 Å². The maximum absolute atomic E-state index is 13.3. The van der Waals surface area contributed by atoms with Gasteiger partial charge < -0.3 is 11.1 Å². The fraction of sp³-hybridized carbons (Fsp3) is 0.600. The Hall–Kier alpha value is -1.68. The predicted octanol–water partition coefficient (Wildman–Crippen LogP) is 3.30. The molecule has 4 heteroatoms. The number of hydrogen-bond acceptors (Lipinski definition) is 4. The Morgan fingerprint density at radius 2 is 1.88 bits per heavy atom. The van der Waals surface area contributed by atoms with Crippen LogP contribution in [0.15, 0.2) is 18.2 Å². The first-order valence-corrected chi connectivity index (χ1v) is 9.33. The smallest absolute Gasteiger partial charge is 0.170 e. The Bertz CT molecular complexity index is 664. The number of benzene rings is 1. The van der Waals surface area contributed by atoms with Crippen molar-refractivity contribution in [2.24, 2.45) is 23.5 Å². The van der Waals surface area contributed by atoms with Gasteiger partial charge in [-0.25, -0.2) is 0 Å². The highest BCUT2D eigenvalue weighted by Gasteiger charge is 2.47. The van der Waals surface area contributed by atoms with Crippen molar-refractivity contribution < 1.29 is 9.59 Å². The molecule has 3 aliphatic rings. The summed E-state index contributed by atoms with van der Waals surface area (Å²) in [5.41, 5.74) is 8.38. The molecule has 0 bridgehead atoms. The summed E-state index contributed by atoms with van der Waals surface area (Å²) >= 11 is 0. The third-order valence-corrected chi connectivity index (χ3v) is 6.29. The van der Waals surface area contributed by atoms with Gasteiger partial charge >= 0.3 is 0 Å². The SMILES string of the molecule is NCc1ccc2c(c1)C(=O)C1C(CC(=O)CC1C1CCCCC1)N2. The molecule has 0 aromatic heterocycles. The molecule has 1 aliphatic heterocycles. The van der Waals surface area contributed by atoms with E-state index in [1.165, 1.54) is 32.1 Å². The number of ketones is 2. The van der Waals surface area contributed by atoms with Crippen LogP contribution in [0.25, 0.3) is 0 Å². The quantitative estimate of drug-likeness (QED) is 0.874. The number of carbonyl (C=O) groups is 2. The van der Waals surface area contributed by atoms with Gasteiger partial charge in [-0.3, -0.25) is 9.59 Å². The molecule has 1 aromatic carbocycles. The van der Waals surface area contributed by atoms with Gasteiger partial charge in [0.05, 0.1) is 0 Å². The van der Waals surface area contributed by atoms with Crippen molar-refractivity contribution in [1.29, 1.82) is 0 Å². The summed E-state index contributed by atoms with van der Waals surface area (Å²) in [6, 6.07) is 5.82. The second kappa shape index (κ2) is 6.32. The minimum absolute atomic E-state index is 0.0260. The van der Waals surface area contributed by atoms with Gasteiger partial charge in [0.1, 0.15) is 5.78 Å². The molecule has 1 heterocycles. The molecule has 24 heavy (non-hydrogen) atoms. The topological polar surface area (TPSA) is 72.2 Å². The third-order valence-electron chi connectivity index (χ3n) is 6.29. The van der Waals surface area contributed by atoms with Crippen molar-refractivity contribution in [2.45, 2.75) is 57.5 Å². The Morgan fingerprint density at radius 1 is 1.08 bits per heavy atom. The first-order chi connectivity index (χ1) is 11.7. The lowest BCUT2D eigenvalue weighted by Crippen LogP contribution is -2.50. The summed E-state index contributed by atoms with van der Waals surface area (Å²) in [6.45, 7) is 0.444. The summed E-state index contributed by atoms with van der Waals surface area (Å²) in [4.78, 5) is 25.6. The minimum Gasteiger partial charge on any atom is -0.381 e. The van der Waals surface area contributed by atoms with Gasteiger partial charge in [0.25, 0.3) is 0 Å². The Labute approximate surface area is 143 Å². The van der Waals surface area contributed by atoms with Crippen LogP contribution in [0, 0.1) is 17.8 Å². The normalized spacial score (nSPS) is 30.5. The summed E-state index contributed by atoms with van der Waals surface area (Å²) < 4.78 is 0. The largest absolute Gasteiger partial charge is 0.381 e. The molecule has 3 atom stereocenters. The Morgan fingerprint density at radius 3 is 2.62 bits per heavy atom. The molecule has 2 fully saturated rings. The Balaban J connectivity index is 1.69. The molecule has 4 nitrogen and oxygen atoms in total. The molecular weight excluding hydrogens is 300 g/mol. The summed E-state index contributed by atoms with van der Waals surface area (Å²) in [5.74, 6) is 1.24. The van der Waals surface area contributed by atoms with E-state index >= 15 is 0 Å². The standard InChI is InChI=1S/C20H26N2O2/c21-11-12-6-7-17-16(8-12)20(24)19-15(13-4-2-1-3-5-13)9-14(23)10-18(19)22-17/h6-8,13,15,18-19,22H,1-5,9-11,21H2. The molecule has 4 rings (SSSR count). The number of nitrogens with one attached hydrogen (secondary N) is 1. The lowest BCUT2D eigenvalue weighted by molar-refractivity contribution is -0.123. The molecule has 1 aromatic rings. The van der Waals surface area contributed by atoms with E-state index in [0.717, 1.165) is 16.8 Å². The van der Waals surface area contributed by atoms with E-state index in [1.54, 1.807) is 0 Å². The molecule has 128 valence electrons. The van der Waals surface area contributed by atoms with Crippen LogP contribution >= 0.6 is 0 Å². The van der Waals surface area contributed by atoms with Gasteiger partial charge in [-0.2, -0.15) is 0 Å². The van der Waals surface area contributed by atoms with E-state index < -0.39 is 0 Å². The summed E-state index contributed by atoms with van der Waals surface area (Å²) in [6.07, 6.45) is 7.18. The number of Topliss-reactive ketones (excluding diaryl/α,β-unsaturated/α-hetero) is 2. The second-order valence-corrected chi connectivity index (χ2v) is 7.73.